The summed E-state index contributed by atoms with van der Waals surface area (Å²) in [6, 6.07) is 0.275. The first-order chi connectivity index (χ1) is 10.7. The van der Waals surface area contributed by atoms with E-state index in [0.29, 0.717) is 6.42 Å². The lowest BCUT2D eigenvalue weighted by atomic mass is 10.0. The van der Waals surface area contributed by atoms with Crippen LogP contribution < -0.4 is 0 Å². The Morgan fingerprint density at radius 1 is 1.45 bits per heavy atom. The lowest BCUT2D eigenvalue weighted by molar-refractivity contribution is -0.135. The normalized spacial score (nSPS) is 18.6. The predicted octanol–water partition coefficient (Wildman–Crippen LogP) is 2.66. The van der Waals surface area contributed by atoms with Gasteiger partial charge < -0.3 is 4.90 Å². The van der Waals surface area contributed by atoms with E-state index in [0.717, 1.165) is 42.9 Å². The Morgan fingerprint density at radius 2 is 2.36 bits per heavy atom. The summed E-state index contributed by atoms with van der Waals surface area (Å²) in [6.45, 7) is 3.72. The van der Waals surface area contributed by atoms with Gasteiger partial charge in [0.1, 0.15) is 0 Å². The molecule has 2 aromatic rings. The monoisotopic (exact) mass is 318 g/mol. The Labute approximate surface area is 135 Å². The molecule has 22 heavy (non-hydrogen) atoms. The molecule has 0 N–H and O–H groups in total. The third-order valence-corrected chi connectivity index (χ3v) is 4.98. The zero-order valence-electron chi connectivity index (χ0n) is 12.9. The van der Waals surface area contributed by atoms with Gasteiger partial charge in [-0.05, 0) is 31.7 Å². The molecule has 118 valence electrons. The lowest BCUT2D eigenvalue weighted by Gasteiger charge is -2.35. The zero-order chi connectivity index (χ0) is 15.4. The van der Waals surface area contributed by atoms with Crippen LogP contribution in [0.25, 0.3) is 0 Å². The number of thiazole rings is 1. The molecule has 1 aliphatic rings. The van der Waals surface area contributed by atoms with Crippen molar-refractivity contribution in [3.63, 3.8) is 0 Å². The van der Waals surface area contributed by atoms with Crippen LogP contribution in [0.15, 0.2) is 24.0 Å². The van der Waals surface area contributed by atoms with Crippen LogP contribution in [0.3, 0.4) is 0 Å². The number of carbonyl (C=O) groups is 1. The molecule has 1 unspecified atom stereocenters. The van der Waals surface area contributed by atoms with E-state index in [4.69, 9.17) is 0 Å². The number of likely N-dealkylation sites (tertiary alicyclic amines) is 1. The van der Waals surface area contributed by atoms with Crippen molar-refractivity contribution in [3.05, 3.63) is 34.5 Å². The van der Waals surface area contributed by atoms with Gasteiger partial charge in [0.2, 0.25) is 5.91 Å². The highest BCUT2D eigenvalue weighted by molar-refractivity contribution is 7.09. The van der Waals surface area contributed by atoms with Crippen molar-refractivity contribution >= 4 is 17.2 Å². The van der Waals surface area contributed by atoms with Crippen molar-refractivity contribution in [3.8, 4) is 0 Å². The fraction of sp³-hybridized carbons (Fsp3) is 0.562. The van der Waals surface area contributed by atoms with Crippen molar-refractivity contribution in [1.29, 1.82) is 0 Å². The summed E-state index contributed by atoms with van der Waals surface area (Å²) < 4.78 is 1.96. The summed E-state index contributed by atoms with van der Waals surface area (Å²) in [6.07, 6.45) is 10.4. The van der Waals surface area contributed by atoms with E-state index in [-0.39, 0.29) is 11.9 Å². The van der Waals surface area contributed by atoms with E-state index in [9.17, 15) is 4.79 Å². The van der Waals surface area contributed by atoms with Crippen LogP contribution in [0.1, 0.15) is 36.3 Å². The highest BCUT2D eigenvalue weighted by atomic mass is 32.1. The minimum atomic E-state index is 0.253. The largest absolute Gasteiger partial charge is 0.338 e. The molecule has 2 aromatic heterocycles. The molecule has 6 heteroatoms. The standard InChI is InChI=1S/C16H22N4OS/c1-13-10-18-19(11-13)12-14-4-2-3-8-20(14)16(21)6-5-15-17-7-9-22-15/h7,9-11,14H,2-6,8,12H2,1H3. The minimum Gasteiger partial charge on any atom is -0.338 e. The zero-order valence-corrected chi connectivity index (χ0v) is 13.8. The summed E-state index contributed by atoms with van der Waals surface area (Å²) >= 11 is 1.62. The molecule has 0 aliphatic carbocycles. The Hall–Kier alpha value is -1.69. The van der Waals surface area contributed by atoms with E-state index < -0.39 is 0 Å². The predicted molar refractivity (Wildman–Crippen MR) is 86.8 cm³/mol. The molecule has 5 nitrogen and oxygen atoms in total. The summed E-state index contributed by atoms with van der Waals surface area (Å²) in [4.78, 5) is 18.9. The first kappa shape index (κ1) is 15.2. The van der Waals surface area contributed by atoms with E-state index in [1.165, 1.54) is 6.42 Å². The smallest absolute Gasteiger partial charge is 0.223 e. The van der Waals surface area contributed by atoms with Gasteiger partial charge in [0.25, 0.3) is 0 Å². The summed E-state index contributed by atoms with van der Waals surface area (Å²) in [5.41, 5.74) is 1.16. The number of piperidine rings is 1. The second-order valence-corrected chi connectivity index (χ2v) is 6.88. The number of aryl methyl sites for hydroxylation is 2. The van der Waals surface area contributed by atoms with E-state index in [2.05, 4.69) is 15.0 Å². The summed E-state index contributed by atoms with van der Waals surface area (Å²) in [5.74, 6) is 0.253. The fourth-order valence-corrected chi connectivity index (χ4v) is 3.66. The molecule has 0 saturated carbocycles. The molecule has 1 atom stereocenters. The van der Waals surface area contributed by atoms with Gasteiger partial charge in [0, 0.05) is 37.2 Å². The van der Waals surface area contributed by atoms with Gasteiger partial charge in [0.05, 0.1) is 23.8 Å². The second kappa shape index (κ2) is 7.05. The van der Waals surface area contributed by atoms with Crippen LogP contribution in [0.2, 0.25) is 0 Å². The van der Waals surface area contributed by atoms with Gasteiger partial charge in [-0.25, -0.2) is 4.98 Å². The third kappa shape index (κ3) is 3.74. The maximum atomic E-state index is 12.6. The van der Waals surface area contributed by atoms with E-state index in [1.54, 1.807) is 17.5 Å². The van der Waals surface area contributed by atoms with Crippen LogP contribution in [0.5, 0.6) is 0 Å². The SMILES string of the molecule is Cc1cnn(CC2CCCCN2C(=O)CCc2nccs2)c1. The van der Waals surface area contributed by atoms with Crippen LogP contribution in [-0.4, -0.2) is 38.2 Å². The highest BCUT2D eigenvalue weighted by Crippen LogP contribution is 2.20. The van der Waals surface area contributed by atoms with E-state index in [1.807, 2.05) is 29.4 Å². The average molecular weight is 318 g/mol. The lowest BCUT2D eigenvalue weighted by Crippen LogP contribution is -2.46. The molecule has 1 fully saturated rings. The minimum absolute atomic E-state index is 0.253. The Balaban J connectivity index is 1.60. The van der Waals surface area contributed by atoms with Crippen LogP contribution in [0.4, 0.5) is 0 Å². The maximum absolute atomic E-state index is 12.6. The molecule has 1 aliphatic heterocycles. The Bertz CT molecular complexity index is 607. The molecule has 3 rings (SSSR count). The molecular weight excluding hydrogens is 296 g/mol. The summed E-state index contributed by atoms with van der Waals surface area (Å²) in [5, 5.41) is 7.37. The molecular formula is C16H22N4OS. The molecule has 1 saturated heterocycles. The van der Waals surface area contributed by atoms with Gasteiger partial charge in [-0.3, -0.25) is 9.48 Å². The third-order valence-electron chi connectivity index (χ3n) is 4.14. The molecule has 0 aromatic carbocycles. The first-order valence-corrected chi connectivity index (χ1v) is 8.77. The first-order valence-electron chi connectivity index (χ1n) is 7.89. The number of rotatable bonds is 5. The number of hydrogen-bond donors (Lipinski definition) is 0. The van der Waals surface area contributed by atoms with Crippen LogP contribution in [-0.2, 0) is 17.8 Å². The second-order valence-electron chi connectivity index (χ2n) is 5.90. The molecule has 0 radical (unpaired) electrons. The van der Waals surface area contributed by atoms with Crippen LogP contribution >= 0.6 is 11.3 Å². The van der Waals surface area contributed by atoms with Gasteiger partial charge in [-0.1, -0.05) is 0 Å². The molecule has 0 spiro atoms. The maximum Gasteiger partial charge on any atom is 0.223 e. The molecule has 3 heterocycles. The van der Waals surface area contributed by atoms with Gasteiger partial charge in [-0.2, -0.15) is 5.10 Å². The molecule has 0 bridgehead atoms. The van der Waals surface area contributed by atoms with Gasteiger partial charge >= 0.3 is 0 Å². The highest BCUT2D eigenvalue weighted by Gasteiger charge is 2.26. The van der Waals surface area contributed by atoms with Crippen molar-refractivity contribution in [2.75, 3.05) is 6.54 Å². The number of aromatic nitrogens is 3. The number of nitrogens with zero attached hydrogens (tertiary/aromatic N) is 4. The number of hydrogen-bond acceptors (Lipinski definition) is 4. The molecule has 1 amide bonds. The van der Waals surface area contributed by atoms with Crippen molar-refractivity contribution in [2.24, 2.45) is 0 Å². The van der Waals surface area contributed by atoms with Gasteiger partial charge in [-0.15, -0.1) is 11.3 Å². The van der Waals surface area contributed by atoms with E-state index >= 15 is 0 Å². The summed E-state index contributed by atoms with van der Waals surface area (Å²) in [7, 11) is 0. The quantitative estimate of drug-likeness (QED) is 0.851. The fourth-order valence-electron chi connectivity index (χ4n) is 3.04. The van der Waals surface area contributed by atoms with Gasteiger partial charge in [0.15, 0.2) is 0 Å². The number of carbonyl (C=O) groups excluding carboxylic acids is 1. The van der Waals surface area contributed by atoms with Crippen molar-refractivity contribution in [2.45, 2.75) is 51.6 Å². The Morgan fingerprint density at radius 3 is 3.09 bits per heavy atom. The number of amides is 1. The van der Waals surface area contributed by atoms with Crippen LogP contribution in [0, 0.1) is 6.92 Å². The average Bonchev–Trinajstić information content (AvgIpc) is 3.17. The topological polar surface area (TPSA) is 51.0 Å². The van der Waals surface area contributed by atoms with Crippen molar-refractivity contribution in [1.82, 2.24) is 19.7 Å². The van der Waals surface area contributed by atoms with Crippen molar-refractivity contribution < 1.29 is 4.79 Å². The Kier molecular flexibility index (Phi) is 4.87.